The van der Waals surface area contributed by atoms with Crippen LogP contribution in [0.15, 0.2) is 48.5 Å². The van der Waals surface area contributed by atoms with Crippen LogP contribution in [0, 0.1) is 0 Å². The normalized spacial score (nSPS) is 10.7. The Morgan fingerprint density at radius 3 is 2.40 bits per heavy atom. The Kier molecular flexibility index (Phi) is 7.44. The second-order valence-electron chi connectivity index (χ2n) is 5.73. The molecule has 25 heavy (non-hydrogen) atoms. The van der Waals surface area contributed by atoms with E-state index in [4.69, 9.17) is 10.5 Å². The van der Waals surface area contributed by atoms with Crippen molar-refractivity contribution in [1.29, 1.82) is 0 Å². The number of carbonyl (C=O) groups is 1. The van der Waals surface area contributed by atoms with Gasteiger partial charge in [0.1, 0.15) is 12.4 Å². The molecule has 5 heteroatoms. The molecule has 0 aromatic heterocycles. The molecule has 0 radical (unpaired) electrons. The molecule has 1 amide bonds. The molecule has 0 unspecified atom stereocenters. The molecular formula is C20H27N3O2. The van der Waals surface area contributed by atoms with Crippen molar-refractivity contribution in [1.82, 2.24) is 4.90 Å². The van der Waals surface area contributed by atoms with Crippen molar-refractivity contribution in [2.24, 2.45) is 5.73 Å². The summed E-state index contributed by atoms with van der Waals surface area (Å²) in [5.41, 5.74) is 7.85. The lowest BCUT2D eigenvalue weighted by molar-refractivity contribution is 0.102. The van der Waals surface area contributed by atoms with Gasteiger partial charge in [-0.2, -0.15) is 0 Å². The second-order valence-corrected chi connectivity index (χ2v) is 5.73. The van der Waals surface area contributed by atoms with Gasteiger partial charge >= 0.3 is 0 Å². The van der Waals surface area contributed by atoms with E-state index in [1.165, 1.54) is 0 Å². The molecule has 0 saturated carbocycles. The Bertz CT molecular complexity index is 667. The SMILES string of the molecule is CCN(CC)CCOc1ccccc1NC(=O)c1ccc(CN)cc1. The summed E-state index contributed by atoms with van der Waals surface area (Å²) in [5, 5.41) is 2.92. The molecule has 0 aliphatic carbocycles. The molecule has 0 aliphatic heterocycles. The van der Waals surface area contributed by atoms with Crippen molar-refractivity contribution in [2.45, 2.75) is 20.4 Å². The number of hydrogen-bond acceptors (Lipinski definition) is 4. The summed E-state index contributed by atoms with van der Waals surface area (Å²) in [5.74, 6) is 0.518. The van der Waals surface area contributed by atoms with Gasteiger partial charge in [0.25, 0.3) is 5.91 Å². The quantitative estimate of drug-likeness (QED) is 0.735. The van der Waals surface area contributed by atoms with Crippen LogP contribution in [0.5, 0.6) is 5.75 Å². The highest BCUT2D eigenvalue weighted by atomic mass is 16.5. The van der Waals surface area contributed by atoms with Crippen LogP contribution in [0.25, 0.3) is 0 Å². The fourth-order valence-electron chi connectivity index (χ4n) is 2.51. The minimum Gasteiger partial charge on any atom is -0.490 e. The molecule has 0 heterocycles. The number of ether oxygens (including phenoxy) is 1. The average Bonchev–Trinajstić information content (AvgIpc) is 2.66. The highest BCUT2D eigenvalue weighted by Gasteiger charge is 2.10. The van der Waals surface area contributed by atoms with Gasteiger partial charge in [0, 0.05) is 18.7 Å². The first-order valence-corrected chi connectivity index (χ1v) is 8.72. The Balaban J connectivity index is 2.00. The lowest BCUT2D eigenvalue weighted by Crippen LogP contribution is -2.28. The van der Waals surface area contributed by atoms with E-state index in [1.54, 1.807) is 12.1 Å². The molecule has 2 rings (SSSR count). The van der Waals surface area contributed by atoms with Crippen molar-refractivity contribution in [3.63, 3.8) is 0 Å². The molecule has 0 fully saturated rings. The summed E-state index contributed by atoms with van der Waals surface area (Å²) in [7, 11) is 0. The van der Waals surface area contributed by atoms with E-state index in [0.29, 0.717) is 30.2 Å². The van der Waals surface area contributed by atoms with Crippen LogP contribution >= 0.6 is 0 Å². The third-order valence-corrected chi connectivity index (χ3v) is 4.15. The number of nitrogens with one attached hydrogen (secondary N) is 1. The standard InChI is InChI=1S/C20H27N3O2/c1-3-23(4-2)13-14-25-19-8-6-5-7-18(19)22-20(24)17-11-9-16(15-21)10-12-17/h5-12H,3-4,13-15,21H2,1-2H3,(H,22,24). The van der Waals surface area contributed by atoms with E-state index >= 15 is 0 Å². The van der Waals surface area contributed by atoms with Gasteiger partial charge < -0.3 is 20.7 Å². The lowest BCUT2D eigenvalue weighted by Gasteiger charge is -2.19. The summed E-state index contributed by atoms with van der Waals surface area (Å²) in [4.78, 5) is 14.7. The van der Waals surface area contributed by atoms with Crippen LogP contribution in [-0.2, 0) is 6.54 Å². The van der Waals surface area contributed by atoms with Crippen molar-refractivity contribution < 1.29 is 9.53 Å². The van der Waals surface area contributed by atoms with Gasteiger partial charge in [-0.3, -0.25) is 4.79 Å². The van der Waals surface area contributed by atoms with Gasteiger partial charge in [-0.25, -0.2) is 0 Å². The maximum absolute atomic E-state index is 12.4. The van der Waals surface area contributed by atoms with Crippen LogP contribution in [0.2, 0.25) is 0 Å². The number of benzene rings is 2. The molecule has 0 aliphatic rings. The van der Waals surface area contributed by atoms with Crippen molar-refractivity contribution in [2.75, 3.05) is 31.6 Å². The van der Waals surface area contributed by atoms with E-state index < -0.39 is 0 Å². The van der Waals surface area contributed by atoms with Crippen molar-refractivity contribution in [3.05, 3.63) is 59.7 Å². The van der Waals surface area contributed by atoms with Gasteiger partial charge in [0.15, 0.2) is 0 Å². The molecular weight excluding hydrogens is 314 g/mol. The van der Waals surface area contributed by atoms with Crippen LogP contribution in [0.1, 0.15) is 29.8 Å². The topological polar surface area (TPSA) is 67.6 Å². The summed E-state index contributed by atoms with van der Waals surface area (Å²) in [6.07, 6.45) is 0. The van der Waals surface area contributed by atoms with Crippen LogP contribution < -0.4 is 15.8 Å². The Labute approximate surface area is 149 Å². The summed E-state index contributed by atoms with van der Waals surface area (Å²) in [6.45, 7) is 8.16. The molecule has 2 aromatic rings. The zero-order valence-corrected chi connectivity index (χ0v) is 15.0. The van der Waals surface area contributed by atoms with Gasteiger partial charge in [0.05, 0.1) is 5.69 Å². The van der Waals surface area contributed by atoms with Crippen LogP contribution in [0.3, 0.4) is 0 Å². The van der Waals surface area contributed by atoms with Gasteiger partial charge in [0.2, 0.25) is 0 Å². The van der Waals surface area contributed by atoms with E-state index in [2.05, 4.69) is 24.1 Å². The summed E-state index contributed by atoms with van der Waals surface area (Å²) >= 11 is 0. The first-order chi connectivity index (χ1) is 12.2. The van der Waals surface area contributed by atoms with E-state index in [9.17, 15) is 4.79 Å². The smallest absolute Gasteiger partial charge is 0.255 e. The largest absolute Gasteiger partial charge is 0.490 e. The fourth-order valence-corrected chi connectivity index (χ4v) is 2.51. The Hall–Kier alpha value is -2.37. The second kappa shape index (κ2) is 9.81. The van der Waals surface area contributed by atoms with Crippen LogP contribution in [-0.4, -0.2) is 37.0 Å². The molecule has 134 valence electrons. The maximum Gasteiger partial charge on any atom is 0.255 e. The Morgan fingerprint density at radius 2 is 1.76 bits per heavy atom. The zero-order chi connectivity index (χ0) is 18.1. The van der Waals surface area contributed by atoms with Crippen molar-refractivity contribution >= 4 is 11.6 Å². The van der Waals surface area contributed by atoms with Gasteiger partial charge in [-0.05, 0) is 42.9 Å². The summed E-state index contributed by atoms with van der Waals surface area (Å²) < 4.78 is 5.87. The number of rotatable bonds is 9. The van der Waals surface area contributed by atoms with Crippen LogP contribution in [0.4, 0.5) is 5.69 Å². The zero-order valence-electron chi connectivity index (χ0n) is 15.0. The predicted molar refractivity (Wildman–Crippen MR) is 102 cm³/mol. The van der Waals surface area contributed by atoms with Gasteiger partial charge in [-0.1, -0.05) is 38.1 Å². The number of likely N-dealkylation sites (N-methyl/N-ethyl adjacent to an activating group) is 1. The van der Waals surface area contributed by atoms with E-state index in [0.717, 1.165) is 25.2 Å². The first-order valence-electron chi connectivity index (χ1n) is 8.72. The number of carbonyl (C=O) groups excluding carboxylic acids is 1. The molecule has 0 bridgehead atoms. The third-order valence-electron chi connectivity index (χ3n) is 4.15. The lowest BCUT2D eigenvalue weighted by atomic mass is 10.1. The summed E-state index contributed by atoms with van der Waals surface area (Å²) in [6, 6.07) is 14.8. The minimum absolute atomic E-state index is 0.164. The molecule has 3 N–H and O–H groups in total. The minimum atomic E-state index is -0.164. The molecule has 0 spiro atoms. The monoisotopic (exact) mass is 341 g/mol. The number of para-hydroxylation sites is 2. The highest BCUT2D eigenvalue weighted by molar-refractivity contribution is 6.05. The number of amides is 1. The van der Waals surface area contributed by atoms with E-state index in [-0.39, 0.29) is 5.91 Å². The van der Waals surface area contributed by atoms with Gasteiger partial charge in [-0.15, -0.1) is 0 Å². The molecule has 5 nitrogen and oxygen atoms in total. The number of nitrogens with zero attached hydrogens (tertiary/aromatic N) is 1. The van der Waals surface area contributed by atoms with E-state index in [1.807, 2.05) is 36.4 Å². The third kappa shape index (κ3) is 5.59. The molecule has 2 aromatic carbocycles. The van der Waals surface area contributed by atoms with Crippen molar-refractivity contribution in [3.8, 4) is 5.75 Å². The Morgan fingerprint density at radius 1 is 1.08 bits per heavy atom. The molecule has 0 atom stereocenters. The number of hydrogen-bond donors (Lipinski definition) is 2. The first kappa shape index (κ1) is 19.0. The number of nitrogens with two attached hydrogens (primary N) is 1. The fraction of sp³-hybridized carbons (Fsp3) is 0.350. The molecule has 0 saturated heterocycles. The average molecular weight is 341 g/mol. The number of anilines is 1. The predicted octanol–water partition coefficient (Wildman–Crippen LogP) is 3.12. The highest BCUT2D eigenvalue weighted by Crippen LogP contribution is 2.24. The maximum atomic E-state index is 12.4.